The second-order valence-corrected chi connectivity index (χ2v) is 25.1. The van der Waals surface area contributed by atoms with Gasteiger partial charge in [-0.3, -0.25) is 0 Å². The van der Waals surface area contributed by atoms with Crippen LogP contribution in [0.25, 0.3) is 0 Å². The molecule has 0 heterocycles. The monoisotopic (exact) mass is 470 g/mol. The van der Waals surface area contributed by atoms with E-state index in [9.17, 15) is 0 Å². The Bertz CT molecular complexity index is 375. The normalized spacial score (nSPS) is 31.4. The Morgan fingerprint density at radius 1 is 0.630 bits per heavy atom. The molecular formula is C19H45NO3Si3V. The van der Waals surface area contributed by atoms with Crippen LogP contribution >= 0.6 is 0 Å². The van der Waals surface area contributed by atoms with Gasteiger partial charge in [-0.25, -0.2) is 0 Å². The average molecular weight is 471 g/mol. The van der Waals surface area contributed by atoms with Crippen molar-refractivity contribution in [1.82, 2.24) is 0 Å². The van der Waals surface area contributed by atoms with E-state index in [4.69, 9.17) is 14.4 Å². The van der Waals surface area contributed by atoms with Crippen molar-refractivity contribution >= 4 is 25.0 Å². The molecule has 4 saturated carbocycles. The number of hydrogen-bond donors (Lipinski definition) is 3. The van der Waals surface area contributed by atoms with E-state index in [0.717, 1.165) is 17.8 Å². The van der Waals surface area contributed by atoms with Crippen molar-refractivity contribution < 1.29 is 31.6 Å². The zero-order valence-corrected chi connectivity index (χ0v) is 23.6. The summed E-state index contributed by atoms with van der Waals surface area (Å²) < 4.78 is 4.62. The van der Waals surface area contributed by atoms with E-state index in [1.807, 2.05) is 58.9 Å². The maximum atomic E-state index is 8.66. The Morgan fingerprint density at radius 2 is 0.815 bits per heavy atom. The molecule has 4 bridgehead atoms. The number of nitrogens with zero attached hydrogens (tertiary/aromatic N) is 1. The van der Waals surface area contributed by atoms with E-state index in [-0.39, 0.29) is 0 Å². The van der Waals surface area contributed by atoms with Crippen molar-refractivity contribution in [3.63, 3.8) is 0 Å². The fraction of sp³-hybridized carbons (Fsp3) is 1.00. The molecule has 4 aliphatic rings. The van der Waals surface area contributed by atoms with Crippen molar-refractivity contribution in [3.8, 4) is 0 Å². The van der Waals surface area contributed by atoms with Crippen LogP contribution in [0.1, 0.15) is 38.5 Å². The molecule has 0 radical (unpaired) electrons. The van der Waals surface area contributed by atoms with Gasteiger partial charge >= 0.3 is 82.8 Å². The van der Waals surface area contributed by atoms with Gasteiger partial charge in [0.1, 0.15) is 0 Å². The first-order valence-corrected chi connectivity index (χ1v) is 21.3. The van der Waals surface area contributed by atoms with Gasteiger partial charge in [-0.15, -0.1) is 0 Å². The molecule has 8 heteroatoms. The van der Waals surface area contributed by atoms with E-state index in [1.54, 1.807) is 0 Å². The van der Waals surface area contributed by atoms with Crippen LogP contribution in [0.15, 0.2) is 3.79 Å². The maximum absolute atomic E-state index is 8.66. The van der Waals surface area contributed by atoms with Crippen LogP contribution < -0.4 is 0 Å². The molecule has 0 aromatic carbocycles. The van der Waals surface area contributed by atoms with E-state index < -0.39 is 25.0 Å². The first-order valence-electron chi connectivity index (χ1n) is 10.3. The van der Waals surface area contributed by atoms with Crippen molar-refractivity contribution in [2.24, 2.45) is 21.5 Å². The Hall–Kier alpha value is 0.915. The summed E-state index contributed by atoms with van der Waals surface area (Å²) in [4.78, 5) is 26.0. The molecule has 0 aromatic heterocycles. The molecular weight excluding hydrogens is 425 g/mol. The predicted octanol–water partition coefficient (Wildman–Crippen LogP) is 5.13. The van der Waals surface area contributed by atoms with Gasteiger partial charge < -0.3 is 14.4 Å². The van der Waals surface area contributed by atoms with Crippen LogP contribution in [0.5, 0.6) is 0 Å². The summed E-state index contributed by atoms with van der Waals surface area (Å²) in [6, 6.07) is 0. The van der Waals surface area contributed by atoms with Gasteiger partial charge in [0.15, 0.2) is 25.0 Å². The fourth-order valence-electron chi connectivity index (χ4n) is 4.19. The summed E-state index contributed by atoms with van der Waals surface area (Å²) in [5, 5.41) is 0. The Balaban J connectivity index is 0.000000384. The molecule has 0 aliphatic heterocycles. The van der Waals surface area contributed by atoms with Crippen molar-refractivity contribution in [1.29, 1.82) is 0 Å². The molecule has 4 fully saturated rings. The quantitative estimate of drug-likeness (QED) is 0.465. The van der Waals surface area contributed by atoms with Crippen LogP contribution in [0.3, 0.4) is 0 Å². The van der Waals surface area contributed by atoms with Gasteiger partial charge in [-0.2, -0.15) is 0 Å². The van der Waals surface area contributed by atoms with Crippen molar-refractivity contribution in [3.05, 3.63) is 0 Å². The molecule has 4 nitrogen and oxygen atoms in total. The van der Waals surface area contributed by atoms with Gasteiger partial charge in [0.05, 0.1) is 0 Å². The van der Waals surface area contributed by atoms with Crippen molar-refractivity contribution in [2.45, 2.75) is 103 Å². The summed E-state index contributed by atoms with van der Waals surface area (Å²) in [6.07, 6.45) is 8.82. The second-order valence-electron chi connectivity index (χ2n) is 11.8. The molecule has 0 saturated heterocycles. The van der Waals surface area contributed by atoms with E-state index in [1.165, 1.54) is 38.5 Å². The molecule has 161 valence electrons. The zero-order chi connectivity index (χ0) is 21.7. The van der Waals surface area contributed by atoms with Crippen LogP contribution in [-0.4, -0.2) is 44.9 Å². The third-order valence-electron chi connectivity index (χ3n) is 4.22. The van der Waals surface area contributed by atoms with Gasteiger partial charge in [-0.1, -0.05) is 0 Å². The molecule has 0 amide bonds. The SMILES string of the molecule is C[Si](C)(C)O.C[Si](C)(C)O.C[Si](C)(C)O.[V]=[N]C12CC3CC(CC(C3)C1)C2. The second kappa shape index (κ2) is 10.8. The minimum atomic E-state index is -1.61. The first-order chi connectivity index (χ1) is 11.8. The summed E-state index contributed by atoms with van der Waals surface area (Å²) in [6.45, 7) is 16.9. The topological polar surface area (TPSA) is 73.0 Å². The molecule has 0 atom stereocenters. The van der Waals surface area contributed by atoms with Crippen molar-refractivity contribution in [2.75, 3.05) is 0 Å². The van der Waals surface area contributed by atoms with Crippen LogP contribution in [0.2, 0.25) is 58.9 Å². The van der Waals surface area contributed by atoms with Crippen LogP contribution in [-0.2, 0) is 17.2 Å². The Kier molecular flexibility index (Phi) is 11.2. The molecule has 27 heavy (non-hydrogen) atoms. The third-order valence-corrected chi connectivity index (χ3v) is 4.88. The molecule has 0 spiro atoms. The average Bonchev–Trinajstić information content (AvgIpc) is 2.30. The van der Waals surface area contributed by atoms with E-state index in [0.29, 0.717) is 5.54 Å². The summed E-state index contributed by atoms with van der Waals surface area (Å²) in [5.41, 5.74) is 0.439. The van der Waals surface area contributed by atoms with Gasteiger partial charge in [0, 0.05) is 0 Å². The molecule has 4 rings (SSSR count). The Morgan fingerprint density at radius 3 is 0.963 bits per heavy atom. The molecule has 0 unspecified atom stereocenters. The number of rotatable bonds is 1. The first kappa shape index (κ1) is 27.9. The predicted molar refractivity (Wildman–Crippen MR) is 120 cm³/mol. The zero-order valence-electron chi connectivity index (χ0n) is 19.2. The third kappa shape index (κ3) is 17.5. The van der Waals surface area contributed by atoms with Crippen LogP contribution in [0.4, 0.5) is 0 Å². The van der Waals surface area contributed by atoms with E-state index in [2.05, 4.69) is 21.0 Å². The summed E-state index contributed by atoms with van der Waals surface area (Å²) in [5.74, 6) is 3.14. The minimum absolute atomic E-state index is 0.439. The standard InChI is InChI=1S/C10H15N.3C3H10OSi.V/c11-10-4-7-1-8(5-10)3-9(2-7)6-10;3*1-5(2,3)4;/h7-9H,1-6H2;3*4H,1-3H3;. The van der Waals surface area contributed by atoms with Gasteiger partial charge in [-0.05, 0) is 58.9 Å². The summed E-state index contributed by atoms with van der Waals surface area (Å²) in [7, 11) is -4.83. The van der Waals surface area contributed by atoms with Gasteiger partial charge in [0.25, 0.3) is 0 Å². The summed E-state index contributed by atoms with van der Waals surface area (Å²) >= 11 is 2.49. The Labute approximate surface area is 180 Å². The molecule has 0 aromatic rings. The van der Waals surface area contributed by atoms with Crippen LogP contribution in [0, 0.1) is 17.8 Å². The van der Waals surface area contributed by atoms with Gasteiger partial charge in [0.2, 0.25) is 0 Å². The fourth-order valence-corrected chi connectivity index (χ4v) is 4.57. The molecule has 4 aliphatic carbocycles. The number of hydrogen-bond acceptors (Lipinski definition) is 4. The molecule has 3 N–H and O–H groups in total. The van der Waals surface area contributed by atoms with E-state index >= 15 is 0 Å².